The van der Waals surface area contributed by atoms with Crippen molar-refractivity contribution in [3.05, 3.63) is 16.7 Å². The van der Waals surface area contributed by atoms with Gasteiger partial charge in [-0.2, -0.15) is 0 Å². The van der Waals surface area contributed by atoms with E-state index in [1.54, 1.807) is 0 Å². The molecule has 1 aromatic heterocycles. The molecule has 0 amide bonds. The number of hydrogen-bond acceptors (Lipinski definition) is 5. The standard InChI is InChI=1S/C9H15N5O/c1-9(2-3-11-4-9)14-7-6(10)8(15)13-5-12-7/h5,11H,2-4,10H2,1H3,(H2,12,13,14,15). The average molecular weight is 209 g/mol. The SMILES string of the molecule is CC1(Nc2nc[nH]c(=O)c2N)CCNC1. The number of hydrogen-bond donors (Lipinski definition) is 4. The lowest BCUT2D eigenvalue weighted by Crippen LogP contribution is -2.38. The molecule has 0 spiro atoms. The normalized spacial score (nSPS) is 25.4. The Kier molecular flexibility index (Phi) is 2.36. The van der Waals surface area contributed by atoms with Crippen LogP contribution in [0, 0.1) is 0 Å². The van der Waals surface area contributed by atoms with Crippen LogP contribution in [0.25, 0.3) is 0 Å². The quantitative estimate of drug-likeness (QED) is 0.527. The summed E-state index contributed by atoms with van der Waals surface area (Å²) in [7, 11) is 0. The van der Waals surface area contributed by atoms with Crippen molar-refractivity contribution >= 4 is 11.5 Å². The van der Waals surface area contributed by atoms with Gasteiger partial charge in [0.25, 0.3) is 5.56 Å². The van der Waals surface area contributed by atoms with Crippen LogP contribution in [-0.2, 0) is 0 Å². The second kappa shape index (κ2) is 3.54. The zero-order chi connectivity index (χ0) is 10.9. The molecule has 0 bridgehead atoms. The van der Waals surface area contributed by atoms with Gasteiger partial charge in [0, 0.05) is 12.1 Å². The van der Waals surface area contributed by atoms with Gasteiger partial charge >= 0.3 is 0 Å². The summed E-state index contributed by atoms with van der Waals surface area (Å²) in [5.74, 6) is 0.463. The lowest BCUT2D eigenvalue weighted by Gasteiger charge is -2.25. The van der Waals surface area contributed by atoms with Crippen LogP contribution in [0.3, 0.4) is 0 Å². The van der Waals surface area contributed by atoms with Crippen molar-refractivity contribution in [2.45, 2.75) is 18.9 Å². The largest absolute Gasteiger partial charge is 0.391 e. The third-order valence-electron chi connectivity index (χ3n) is 2.68. The number of aromatic amines is 1. The Morgan fingerprint density at radius 2 is 2.47 bits per heavy atom. The highest BCUT2D eigenvalue weighted by Gasteiger charge is 2.29. The maximum Gasteiger partial charge on any atom is 0.276 e. The van der Waals surface area contributed by atoms with Crippen LogP contribution in [0.5, 0.6) is 0 Å². The highest BCUT2D eigenvalue weighted by Crippen LogP contribution is 2.21. The van der Waals surface area contributed by atoms with Gasteiger partial charge in [-0.3, -0.25) is 4.79 Å². The van der Waals surface area contributed by atoms with E-state index in [-0.39, 0.29) is 16.8 Å². The molecule has 0 aliphatic carbocycles. The summed E-state index contributed by atoms with van der Waals surface area (Å²) >= 11 is 0. The minimum atomic E-state index is -0.304. The van der Waals surface area contributed by atoms with E-state index in [2.05, 4.69) is 27.5 Å². The third-order valence-corrected chi connectivity index (χ3v) is 2.68. The van der Waals surface area contributed by atoms with Gasteiger partial charge in [0.2, 0.25) is 0 Å². The van der Waals surface area contributed by atoms with E-state index in [0.717, 1.165) is 19.5 Å². The van der Waals surface area contributed by atoms with E-state index < -0.39 is 0 Å². The number of anilines is 2. The molecule has 5 N–H and O–H groups in total. The summed E-state index contributed by atoms with van der Waals surface area (Å²) in [4.78, 5) is 17.7. The molecule has 1 saturated heterocycles. The third kappa shape index (κ3) is 1.94. The molecule has 2 rings (SSSR count). The van der Waals surface area contributed by atoms with Gasteiger partial charge in [0.05, 0.1) is 6.33 Å². The smallest absolute Gasteiger partial charge is 0.276 e. The second-order valence-corrected chi connectivity index (χ2v) is 4.11. The lowest BCUT2D eigenvalue weighted by molar-refractivity contribution is 0.564. The Balaban J connectivity index is 2.24. The number of aromatic nitrogens is 2. The summed E-state index contributed by atoms with van der Waals surface area (Å²) in [6, 6.07) is 0. The molecule has 1 aliphatic heterocycles. The van der Waals surface area contributed by atoms with Crippen molar-refractivity contribution in [1.29, 1.82) is 0 Å². The number of nitrogens with two attached hydrogens (primary N) is 1. The fraction of sp³-hybridized carbons (Fsp3) is 0.556. The van der Waals surface area contributed by atoms with Crippen LogP contribution in [0.4, 0.5) is 11.5 Å². The van der Waals surface area contributed by atoms with E-state index in [4.69, 9.17) is 5.73 Å². The first kappa shape index (κ1) is 9.97. The summed E-state index contributed by atoms with van der Waals surface area (Å²) in [6.45, 7) is 3.89. The first-order valence-electron chi connectivity index (χ1n) is 4.93. The van der Waals surface area contributed by atoms with Gasteiger partial charge in [-0.1, -0.05) is 0 Å². The molecule has 1 aromatic rings. The molecule has 0 saturated carbocycles. The van der Waals surface area contributed by atoms with Gasteiger partial charge in [-0.05, 0) is 19.9 Å². The van der Waals surface area contributed by atoms with E-state index >= 15 is 0 Å². The van der Waals surface area contributed by atoms with Crippen molar-refractivity contribution in [3.63, 3.8) is 0 Å². The van der Waals surface area contributed by atoms with Crippen LogP contribution in [0.15, 0.2) is 11.1 Å². The van der Waals surface area contributed by atoms with Gasteiger partial charge in [0.1, 0.15) is 5.69 Å². The Morgan fingerprint density at radius 1 is 1.67 bits per heavy atom. The van der Waals surface area contributed by atoms with Crippen molar-refractivity contribution in [2.75, 3.05) is 24.1 Å². The van der Waals surface area contributed by atoms with Gasteiger partial charge in [-0.15, -0.1) is 0 Å². The highest BCUT2D eigenvalue weighted by atomic mass is 16.1. The van der Waals surface area contributed by atoms with Gasteiger partial charge < -0.3 is 21.4 Å². The molecule has 2 heterocycles. The first-order valence-corrected chi connectivity index (χ1v) is 4.93. The zero-order valence-corrected chi connectivity index (χ0v) is 8.63. The zero-order valence-electron chi connectivity index (χ0n) is 8.63. The fourth-order valence-electron chi connectivity index (χ4n) is 1.72. The minimum absolute atomic E-state index is 0.0745. The average Bonchev–Trinajstić information content (AvgIpc) is 2.60. The summed E-state index contributed by atoms with van der Waals surface area (Å²) < 4.78 is 0. The van der Waals surface area contributed by atoms with Crippen molar-refractivity contribution in [3.8, 4) is 0 Å². The Labute approximate surface area is 87.3 Å². The molecule has 6 heteroatoms. The van der Waals surface area contributed by atoms with Crippen molar-refractivity contribution in [2.24, 2.45) is 0 Å². The van der Waals surface area contributed by atoms with Gasteiger partial charge in [-0.25, -0.2) is 4.98 Å². The van der Waals surface area contributed by atoms with Gasteiger partial charge in [0.15, 0.2) is 5.82 Å². The maximum absolute atomic E-state index is 11.2. The van der Waals surface area contributed by atoms with E-state index in [1.807, 2.05) is 0 Å². The van der Waals surface area contributed by atoms with Crippen molar-refractivity contribution in [1.82, 2.24) is 15.3 Å². The lowest BCUT2D eigenvalue weighted by atomic mass is 10.0. The monoisotopic (exact) mass is 209 g/mol. The molecular weight excluding hydrogens is 194 g/mol. The molecule has 1 unspecified atom stereocenters. The predicted molar refractivity (Wildman–Crippen MR) is 58.8 cm³/mol. The number of nitrogens with zero attached hydrogens (tertiary/aromatic N) is 1. The van der Waals surface area contributed by atoms with E-state index in [1.165, 1.54) is 6.33 Å². The molecular formula is C9H15N5O. The fourth-order valence-corrected chi connectivity index (χ4v) is 1.72. The maximum atomic E-state index is 11.2. The summed E-state index contributed by atoms with van der Waals surface area (Å²) in [5.41, 5.74) is 5.40. The van der Waals surface area contributed by atoms with E-state index in [9.17, 15) is 4.79 Å². The van der Waals surface area contributed by atoms with Crippen LogP contribution >= 0.6 is 0 Å². The van der Waals surface area contributed by atoms with Crippen LogP contribution in [-0.4, -0.2) is 28.6 Å². The highest BCUT2D eigenvalue weighted by molar-refractivity contribution is 5.60. The number of nitrogen functional groups attached to an aromatic ring is 1. The Hall–Kier alpha value is -1.56. The molecule has 1 atom stereocenters. The van der Waals surface area contributed by atoms with Crippen LogP contribution in [0.2, 0.25) is 0 Å². The number of H-pyrrole nitrogens is 1. The molecule has 0 aromatic carbocycles. The Morgan fingerprint density at radius 3 is 3.13 bits per heavy atom. The summed E-state index contributed by atoms with van der Waals surface area (Å²) in [6.07, 6.45) is 2.34. The number of nitrogens with one attached hydrogen (secondary N) is 3. The van der Waals surface area contributed by atoms with Crippen LogP contribution < -0.4 is 21.9 Å². The predicted octanol–water partition coefficient (Wildman–Crippen LogP) is -0.484. The summed E-state index contributed by atoms with van der Waals surface area (Å²) in [5, 5.41) is 6.46. The Bertz CT molecular complexity index is 407. The van der Waals surface area contributed by atoms with E-state index in [0.29, 0.717) is 5.82 Å². The first-order chi connectivity index (χ1) is 7.11. The van der Waals surface area contributed by atoms with Crippen LogP contribution in [0.1, 0.15) is 13.3 Å². The van der Waals surface area contributed by atoms with Crippen molar-refractivity contribution < 1.29 is 0 Å². The molecule has 6 nitrogen and oxygen atoms in total. The second-order valence-electron chi connectivity index (χ2n) is 4.11. The molecule has 15 heavy (non-hydrogen) atoms. The minimum Gasteiger partial charge on any atom is -0.391 e. The topological polar surface area (TPSA) is 95.8 Å². The molecule has 1 aliphatic rings. The number of rotatable bonds is 2. The molecule has 82 valence electrons. The molecule has 0 radical (unpaired) electrons. The molecule has 1 fully saturated rings.